The van der Waals surface area contributed by atoms with Crippen LogP contribution in [0.15, 0.2) is 11.8 Å². The third kappa shape index (κ3) is 19.7. The molecular weight excluding hydrogens is 355 g/mol. The molecule has 0 aromatic rings. The summed E-state index contributed by atoms with van der Waals surface area (Å²) in [5.74, 6) is 0.794. The molecule has 10 heteroatoms. The Kier molecular flexibility index (Phi) is 15.4. The Balaban J connectivity index is 0.00000101. The van der Waals surface area contributed by atoms with Crippen molar-refractivity contribution in [2.75, 3.05) is 13.7 Å². The number of hydrogen-bond acceptors (Lipinski definition) is 6. The van der Waals surface area contributed by atoms with Crippen LogP contribution in [0.25, 0.3) is 0 Å². The molecule has 0 spiro atoms. The van der Waals surface area contributed by atoms with Gasteiger partial charge < -0.3 is 19.6 Å². The van der Waals surface area contributed by atoms with Crippen molar-refractivity contribution in [2.45, 2.75) is 70.8 Å². The van der Waals surface area contributed by atoms with Crippen LogP contribution in [0.5, 0.6) is 0 Å². The monoisotopic (exact) mass is 386 g/mol. The van der Waals surface area contributed by atoms with Crippen LogP contribution in [0, 0.1) is 0 Å². The molecule has 0 unspecified atom stereocenters. The molecule has 0 radical (unpaired) electrons. The molecule has 9 nitrogen and oxygen atoms in total. The second-order valence-electron chi connectivity index (χ2n) is 5.55. The number of phosphoric acid groups is 1. The first-order valence-corrected chi connectivity index (χ1v) is 10.1. The Morgan fingerprint density at radius 2 is 1.80 bits per heavy atom. The molecular formula is C15H31O9P. The first-order valence-electron chi connectivity index (χ1n) is 8.49. The third-order valence-corrected chi connectivity index (χ3v) is 3.30. The molecule has 1 fully saturated rings. The molecule has 3 N–H and O–H groups in total. The second kappa shape index (κ2) is 15.7. The normalized spacial score (nSPS) is 16.3. The zero-order valence-electron chi connectivity index (χ0n) is 15.0. The number of allylic oxidation sites excluding steroid dienone is 2. The van der Waals surface area contributed by atoms with E-state index in [1.165, 1.54) is 26.4 Å². The van der Waals surface area contributed by atoms with Gasteiger partial charge in [-0.05, 0) is 43.2 Å². The van der Waals surface area contributed by atoms with E-state index in [9.17, 15) is 0 Å². The summed E-state index contributed by atoms with van der Waals surface area (Å²) in [7, 11) is -3.22. The van der Waals surface area contributed by atoms with E-state index in [2.05, 4.69) is 16.8 Å². The van der Waals surface area contributed by atoms with Crippen LogP contribution in [0.4, 0.5) is 0 Å². The third-order valence-electron chi connectivity index (χ3n) is 3.30. The maximum absolute atomic E-state index is 8.88. The number of hydrogen-bond donors (Lipinski definition) is 3. The predicted octanol–water partition coefficient (Wildman–Crippen LogP) is 3.31. The summed E-state index contributed by atoms with van der Waals surface area (Å²) in [5, 5.41) is 4.48. The van der Waals surface area contributed by atoms with Crippen LogP contribution in [0.1, 0.15) is 64.7 Å². The summed E-state index contributed by atoms with van der Waals surface area (Å²) < 4.78 is 8.88. The first kappa shape index (κ1) is 24.5. The van der Waals surface area contributed by atoms with Gasteiger partial charge in [0.05, 0.1) is 19.8 Å². The average Bonchev–Trinajstić information content (AvgIpc) is 2.55. The Morgan fingerprint density at radius 1 is 1.16 bits per heavy atom. The van der Waals surface area contributed by atoms with Crippen molar-refractivity contribution in [3.63, 3.8) is 0 Å². The molecule has 150 valence electrons. The predicted molar refractivity (Wildman–Crippen MR) is 89.6 cm³/mol. The summed E-state index contributed by atoms with van der Waals surface area (Å²) in [6, 6.07) is 0. The van der Waals surface area contributed by atoms with Crippen LogP contribution >= 0.6 is 7.82 Å². The first-order chi connectivity index (χ1) is 11.9. The van der Waals surface area contributed by atoms with Crippen molar-refractivity contribution in [1.82, 2.24) is 0 Å². The smallest absolute Gasteiger partial charge is 0.313 e. The van der Waals surface area contributed by atoms with Gasteiger partial charge in [0.1, 0.15) is 5.76 Å². The highest BCUT2D eigenvalue weighted by Gasteiger charge is 2.14. The topological polar surface area (TPSA) is 124 Å². The molecule has 0 atom stereocenters. The molecule has 0 aromatic heterocycles. The minimum absolute atomic E-state index is 0.303. The summed E-state index contributed by atoms with van der Waals surface area (Å²) in [6.45, 7) is 2.68. The van der Waals surface area contributed by atoms with Crippen molar-refractivity contribution in [3.05, 3.63) is 11.8 Å². The fraction of sp³-hybridized carbons (Fsp3) is 0.867. The molecule has 1 rings (SSSR count). The van der Waals surface area contributed by atoms with Gasteiger partial charge in [-0.3, -0.25) is 0 Å². The summed E-state index contributed by atoms with van der Waals surface area (Å²) in [6.07, 6.45) is 12.0. The van der Waals surface area contributed by atoms with Crippen molar-refractivity contribution in [1.29, 1.82) is 0 Å². The van der Waals surface area contributed by atoms with E-state index in [1.54, 1.807) is 0 Å². The van der Waals surface area contributed by atoms with E-state index in [1.807, 2.05) is 6.08 Å². The maximum atomic E-state index is 8.88. The van der Waals surface area contributed by atoms with Crippen LogP contribution in [-0.4, -0.2) is 34.5 Å². The second-order valence-corrected chi connectivity index (χ2v) is 6.57. The quantitative estimate of drug-likeness (QED) is 0.161. The molecule has 0 saturated heterocycles. The number of unbranched alkanes of at least 4 members (excludes halogenated alkanes) is 1. The molecule has 0 aliphatic heterocycles. The van der Waals surface area contributed by atoms with Gasteiger partial charge in [0, 0.05) is 6.42 Å². The molecule has 0 bridgehead atoms. The minimum atomic E-state index is -4.64. The van der Waals surface area contributed by atoms with Crippen LogP contribution in [-0.2, 0) is 29.2 Å². The highest BCUT2D eigenvalue weighted by atomic mass is 31.2. The van der Waals surface area contributed by atoms with Crippen molar-refractivity contribution in [3.8, 4) is 0 Å². The van der Waals surface area contributed by atoms with Gasteiger partial charge in [0.2, 0.25) is 0 Å². The summed E-state index contributed by atoms with van der Waals surface area (Å²) in [4.78, 5) is 41.7. The molecule has 1 saturated carbocycles. The van der Waals surface area contributed by atoms with Gasteiger partial charge >= 0.3 is 7.82 Å². The lowest BCUT2D eigenvalue weighted by Gasteiger charge is -2.20. The molecule has 25 heavy (non-hydrogen) atoms. The van der Waals surface area contributed by atoms with Gasteiger partial charge in [-0.15, -0.1) is 0 Å². The zero-order valence-corrected chi connectivity index (χ0v) is 15.9. The van der Waals surface area contributed by atoms with Crippen molar-refractivity contribution >= 4 is 7.82 Å². The van der Waals surface area contributed by atoms with Gasteiger partial charge in [0.15, 0.2) is 0 Å². The van der Waals surface area contributed by atoms with Gasteiger partial charge in [-0.25, -0.2) is 14.3 Å². The van der Waals surface area contributed by atoms with E-state index in [4.69, 9.17) is 33.9 Å². The Hall–Kier alpha value is -0.510. The van der Waals surface area contributed by atoms with Crippen molar-refractivity contribution in [2.24, 2.45) is 0 Å². The maximum Gasteiger partial charge on any atom is 0.466 e. The van der Waals surface area contributed by atoms with Crippen LogP contribution < -0.4 is 0 Å². The Morgan fingerprint density at radius 3 is 2.36 bits per heavy atom. The van der Waals surface area contributed by atoms with E-state index >= 15 is 0 Å². The lowest BCUT2D eigenvalue weighted by molar-refractivity contribution is -0.485. The van der Waals surface area contributed by atoms with E-state index in [0.717, 1.165) is 44.3 Å². The van der Waals surface area contributed by atoms with E-state index < -0.39 is 7.82 Å². The molecule has 1 aliphatic carbocycles. The highest BCUT2D eigenvalue weighted by Crippen LogP contribution is 2.25. The Labute approximate surface area is 148 Å². The van der Waals surface area contributed by atoms with Crippen LogP contribution in [0.3, 0.4) is 0 Å². The van der Waals surface area contributed by atoms with Gasteiger partial charge in [-0.2, -0.15) is 4.89 Å². The zero-order chi connectivity index (χ0) is 19.0. The molecule has 0 aromatic carbocycles. The molecule has 0 amide bonds. The van der Waals surface area contributed by atoms with Crippen LogP contribution in [0.2, 0.25) is 0 Å². The Bertz CT molecular complexity index is 369. The molecule has 1 aliphatic rings. The SMILES string of the molecule is CCC=C(CCCCOOC1CCCCC1)OOOC.O=P(O)(O)O. The highest BCUT2D eigenvalue weighted by molar-refractivity contribution is 7.45. The average molecular weight is 386 g/mol. The van der Waals surface area contributed by atoms with Gasteiger partial charge in [-0.1, -0.05) is 26.2 Å². The number of rotatable bonds is 11. The van der Waals surface area contributed by atoms with E-state index in [0.29, 0.717) is 12.7 Å². The standard InChI is InChI=1S/C15H28O5.H3O4P/c1-3-9-14(19-20-16-2)12-7-8-13-17-18-15-10-5-4-6-11-15;1-5(2,3)4/h9,15H,3-8,10-13H2,1-2H3;(H3,1,2,3,4). The molecule has 0 heterocycles. The summed E-state index contributed by atoms with van der Waals surface area (Å²) >= 11 is 0. The lowest BCUT2D eigenvalue weighted by Crippen LogP contribution is -2.17. The van der Waals surface area contributed by atoms with Crippen molar-refractivity contribution < 1.29 is 43.8 Å². The van der Waals surface area contributed by atoms with Gasteiger partial charge in [0.25, 0.3) is 0 Å². The fourth-order valence-corrected chi connectivity index (χ4v) is 2.25. The summed E-state index contributed by atoms with van der Waals surface area (Å²) in [5.41, 5.74) is 0. The minimum Gasteiger partial charge on any atom is -0.313 e. The largest absolute Gasteiger partial charge is 0.466 e. The van der Waals surface area contributed by atoms with E-state index in [-0.39, 0.29) is 0 Å². The lowest BCUT2D eigenvalue weighted by atomic mass is 9.98. The fourth-order valence-electron chi connectivity index (χ4n) is 2.25.